The average molecular weight is 348 g/mol. The molecule has 1 heterocycles. The maximum atomic E-state index is 11.9. The lowest BCUT2D eigenvalue weighted by atomic mass is 10.1. The molecule has 1 saturated heterocycles. The van der Waals surface area contributed by atoms with E-state index >= 15 is 0 Å². The molecule has 0 bridgehead atoms. The van der Waals surface area contributed by atoms with Crippen LogP contribution in [0.2, 0.25) is 0 Å². The molecular weight excluding hydrogens is 336 g/mol. The van der Waals surface area contributed by atoms with Crippen molar-refractivity contribution in [1.82, 2.24) is 0 Å². The zero-order valence-electron chi connectivity index (χ0n) is 10.2. The van der Waals surface area contributed by atoms with Gasteiger partial charge in [-0.15, -0.1) is 11.6 Å². The minimum Gasteiger partial charge on any atom is -0.311 e. The zero-order chi connectivity index (χ0) is 14.2. The fourth-order valence-corrected chi connectivity index (χ4v) is 3.05. The van der Waals surface area contributed by atoms with E-state index in [1.807, 2.05) is 0 Å². The predicted molar refractivity (Wildman–Crippen MR) is 76.7 cm³/mol. The van der Waals surface area contributed by atoms with Gasteiger partial charge in [0.05, 0.1) is 10.6 Å². The highest BCUT2D eigenvalue weighted by molar-refractivity contribution is 9.10. The summed E-state index contributed by atoms with van der Waals surface area (Å²) >= 11 is 9.13. The molecule has 19 heavy (non-hydrogen) atoms. The Morgan fingerprint density at radius 3 is 2.79 bits per heavy atom. The van der Waals surface area contributed by atoms with Crippen LogP contribution in [0.25, 0.3) is 0 Å². The van der Waals surface area contributed by atoms with Gasteiger partial charge in [0.15, 0.2) is 0 Å². The van der Waals surface area contributed by atoms with Crippen LogP contribution in [0.5, 0.6) is 0 Å². The van der Waals surface area contributed by atoms with Crippen LogP contribution in [0.4, 0.5) is 11.4 Å². The van der Waals surface area contributed by atoms with Crippen molar-refractivity contribution in [2.45, 2.75) is 13.3 Å². The number of carbonyl (C=O) groups is 1. The summed E-state index contributed by atoms with van der Waals surface area (Å²) in [5.41, 5.74) is 1.11. The lowest BCUT2D eigenvalue weighted by Crippen LogP contribution is -2.25. The third kappa shape index (κ3) is 2.74. The van der Waals surface area contributed by atoms with Crippen molar-refractivity contribution in [2.75, 3.05) is 17.3 Å². The van der Waals surface area contributed by atoms with Gasteiger partial charge in [0, 0.05) is 34.9 Å². The topological polar surface area (TPSA) is 63.5 Å². The van der Waals surface area contributed by atoms with E-state index in [0.29, 0.717) is 34.6 Å². The molecule has 0 saturated carbocycles. The molecule has 1 aliphatic rings. The fourth-order valence-electron chi connectivity index (χ4n) is 2.17. The Kier molecular flexibility index (Phi) is 4.10. The SMILES string of the molecule is Cc1cc(Br)c(N2CC(CCl)CC2=O)cc1[N+](=O)[O-]. The smallest absolute Gasteiger partial charge is 0.274 e. The van der Waals surface area contributed by atoms with Crippen molar-refractivity contribution in [2.24, 2.45) is 5.92 Å². The number of amides is 1. The summed E-state index contributed by atoms with van der Waals surface area (Å²) in [6.45, 7) is 2.17. The number of hydrogen-bond acceptors (Lipinski definition) is 3. The summed E-state index contributed by atoms with van der Waals surface area (Å²) in [6, 6.07) is 3.10. The second-order valence-electron chi connectivity index (χ2n) is 4.58. The molecule has 0 spiro atoms. The highest BCUT2D eigenvalue weighted by Crippen LogP contribution is 2.36. The van der Waals surface area contributed by atoms with Gasteiger partial charge < -0.3 is 4.90 Å². The van der Waals surface area contributed by atoms with Gasteiger partial charge in [-0.2, -0.15) is 0 Å². The third-order valence-electron chi connectivity index (χ3n) is 3.18. The number of aryl methyl sites for hydroxylation is 1. The molecule has 1 unspecified atom stereocenters. The number of anilines is 1. The lowest BCUT2D eigenvalue weighted by Gasteiger charge is -2.18. The maximum absolute atomic E-state index is 11.9. The Morgan fingerprint density at radius 1 is 1.58 bits per heavy atom. The first kappa shape index (κ1) is 14.3. The van der Waals surface area contributed by atoms with Gasteiger partial charge in [-0.25, -0.2) is 0 Å². The van der Waals surface area contributed by atoms with E-state index in [9.17, 15) is 14.9 Å². The minimum atomic E-state index is -0.440. The summed E-state index contributed by atoms with van der Waals surface area (Å²) in [4.78, 5) is 24.0. The normalized spacial score (nSPS) is 19.0. The number of benzene rings is 1. The first-order valence-electron chi connectivity index (χ1n) is 5.75. The number of alkyl halides is 1. The Bertz CT molecular complexity index is 550. The van der Waals surface area contributed by atoms with Crippen molar-refractivity contribution in [3.8, 4) is 0 Å². The van der Waals surface area contributed by atoms with Gasteiger partial charge in [0.2, 0.25) is 5.91 Å². The van der Waals surface area contributed by atoms with E-state index in [4.69, 9.17) is 11.6 Å². The van der Waals surface area contributed by atoms with Crippen LogP contribution in [0, 0.1) is 23.0 Å². The molecule has 0 aliphatic carbocycles. The van der Waals surface area contributed by atoms with E-state index in [1.54, 1.807) is 17.9 Å². The molecule has 7 heteroatoms. The van der Waals surface area contributed by atoms with Gasteiger partial charge in [0.1, 0.15) is 0 Å². The first-order chi connectivity index (χ1) is 8.93. The molecule has 1 atom stereocenters. The number of rotatable bonds is 3. The van der Waals surface area contributed by atoms with Gasteiger partial charge in [-0.1, -0.05) is 0 Å². The van der Waals surface area contributed by atoms with Crippen molar-refractivity contribution in [1.29, 1.82) is 0 Å². The standard InChI is InChI=1S/C12H12BrClN2O3/c1-7-2-9(13)11(4-10(7)16(18)19)15-6-8(5-14)3-12(15)17/h2,4,8H,3,5-6H2,1H3. The highest BCUT2D eigenvalue weighted by atomic mass is 79.9. The van der Waals surface area contributed by atoms with E-state index in [-0.39, 0.29) is 17.5 Å². The van der Waals surface area contributed by atoms with E-state index in [2.05, 4.69) is 15.9 Å². The molecule has 0 radical (unpaired) electrons. The molecule has 1 aliphatic heterocycles. The summed E-state index contributed by atoms with van der Waals surface area (Å²) in [5.74, 6) is 0.458. The van der Waals surface area contributed by atoms with Crippen LogP contribution < -0.4 is 4.90 Å². The number of hydrogen-bond donors (Lipinski definition) is 0. The van der Waals surface area contributed by atoms with Crippen LogP contribution in [0.15, 0.2) is 16.6 Å². The van der Waals surface area contributed by atoms with Gasteiger partial charge >= 0.3 is 0 Å². The van der Waals surface area contributed by atoms with Crippen molar-refractivity contribution in [3.05, 3.63) is 32.3 Å². The molecule has 102 valence electrons. The van der Waals surface area contributed by atoms with Crippen LogP contribution in [-0.2, 0) is 4.79 Å². The molecule has 1 aromatic carbocycles. The van der Waals surface area contributed by atoms with Gasteiger partial charge in [-0.05, 0) is 34.8 Å². The molecule has 2 rings (SSSR count). The number of nitro groups is 1. The molecule has 0 aromatic heterocycles. The number of carbonyl (C=O) groups excluding carboxylic acids is 1. The van der Waals surface area contributed by atoms with Crippen LogP contribution in [0.1, 0.15) is 12.0 Å². The van der Waals surface area contributed by atoms with Crippen molar-refractivity contribution >= 4 is 44.8 Å². The summed E-state index contributed by atoms with van der Waals surface area (Å²) in [6.07, 6.45) is 0.387. The van der Waals surface area contributed by atoms with Crippen LogP contribution in [0.3, 0.4) is 0 Å². The zero-order valence-corrected chi connectivity index (χ0v) is 12.6. The van der Waals surface area contributed by atoms with E-state index in [1.165, 1.54) is 6.07 Å². The van der Waals surface area contributed by atoms with Gasteiger partial charge in [0.25, 0.3) is 5.69 Å². The van der Waals surface area contributed by atoms with Crippen molar-refractivity contribution < 1.29 is 9.72 Å². The van der Waals surface area contributed by atoms with Gasteiger partial charge in [-0.3, -0.25) is 14.9 Å². The number of nitro benzene ring substituents is 1. The maximum Gasteiger partial charge on any atom is 0.274 e. The Balaban J connectivity index is 2.42. The summed E-state index contributed by atoms with van der Waals surface area (Å²) in [7, 11) is 0. The molecule has 5 nitrogen and oxygen atoms in total. The third-order valence-corrected chi connectivity index (χ3v) is 4.25. The fraction of sp³-hybridized carbons (Fsp3) is 0.417. The highest BCUT2D eigenvalue weighted by Gasteiger charge is 2.32. The van der Waals surface area contributed by atoms with Crippen LogP contribution in [-0.4, -0.2) is 23.3 Å². The molecule has 1 fully saturated rings. The average Bonchev–Trinajstić information content (AvgIpc) is 2.70. The second kappa shape index (κ2) is 5.46. The molecule has 1 aromatic rings. The Hall–Kier alpha value is -1.14. The molecule has 1 amide bonds. The quantitative estimate of drug-likeness (QED) is 0.479. The largest absolute Gasteiger partial charge is 0.311 e. The van der Waals surface area contributed by atoms with Crippen molar-refractivity contribution in [3.63, 3.8) is 0 Å². The van der Waals surface area contributed by atoms with Crippen LogP contribution >= 0.6 is 27.5 Å². The number of halogens is 2. The van der Waals surface area contributed by atoms with E-state index < -0.39 is 4.92 Å². The molecular formula is C12H12BrClN2O3. The second-order valence-corrected chi connectivity index (χ2v) is 5.74. The monoisotopic (exact) mass is 346 g/mol. The first-order valence-corrected chi connectivity index (χ1v) is 7.07. The summed E-state index contributed by atoms with van der Waals surface area (Å²) < 4.78 is 0.680. The van der Waals surface area contributed by atoms with E-state index in [0.717, 1.165) is 0 Å². The Morgan fingerprint density at radius 2 is 2.26 bits per heavy atom. The number of nitrogens with zero attached hydrogens (tertiary/aromatic N) is 2. The lowest BCUT2D eigenvalue weighted by molar-refractivity contribution is -0.385. The summed E-state index contributed by atoms with van der Waals surface area (Å²) in [5, 5.41) is 11.0. The minimum absolute atomic E-state index is 0.0142. The predicted octanol–water partition coefficient (Wildman–Crippen LogP) is 3.26. The molecule has 0 N–H and O–H groups in total. The Labute approximate surface area is 123 Å².